The summed E-state index contributed by atoms with van der Waals surface area (Å²) in [4.78, 5) is 11.4. The minimum absolute atomic E-state index is 0.347. The van der Waals surface area contributed by atoms with Crippen LogP contribution >= 0.6 is 0 Å². The highest BCUT2D eigenvalue weighted by Crippen LogP contribution is 2.20. The minimum Gasteiger partial charge on any atom is -0.329 e. The first kappa shape index (κ1) is 22.4. The molecule has 1 saturated heterocycles. The van der Waals surface area contributed by atoms with Crippen molar-refractivity contribution in [3.05, 3.63) is 77.5 Å². The molecule has 1 aliphatic heterocycles. The van der Waals surface area contributed by atoms with Gasteiger partial charge in [0.25, 0.3) is 0 Å². The number of nitrogens with zero attached hydrogens (tertiary/aromatic N) is 3. The Hall–Kier alpha value is -2.78. The molecule has 2 aromatic carbocycles. The van der Waals surface area contributed by atoms with Crippen molar-refractivity contribution in [1.29, 1.82) is 0 Å². The van der Waals surface area contributed by atoms with Crippen molar-refractivity contribution in [3.63, 3.8) is 0 Å². The number of halogens is 2. The Balaban J connectivity index is 1.41. The highest BCUT2D eigenvalue weighted by Gasteiger charge is 2.20. The maximum absolute atomic E-state index is 13.4. The summed E-state index contributed by atoms with van der Waals surface area (Å²) in [7, 11) is 0. The molecule has 4 rings (SSSR count). The van der Waals surface area contributed by atoms with Crippen LogP contribution in [0.3, 0.4) is 0 Å². The number of piperazine rings is 1. The molecule has 3 aromatic rings. The Labute approximate surface area is 186 Å². The highest BCUT2D eigenvalue weighted by atomic mass is 19.1. The fourth-order valence-corrected chi connectivity index (χ4v) is 4.06. The van der Waals surface area contributed by atoms with Crippen molar-refractivity contribution in [2.75, 3.05) is 32.7 Å². The molecule has 8 heteroatoms. The third-order valence-corrected chi connectivity index (χ3v) is 5.71. The van der Waals surface area contributed by atoms with E-state index in [1.54, 1.807) is 6.20 Å². The van der Waals surface area contributed by atoms with Gasteiger partial charge in [-0.25, -0.2) is 8.78 Å². The highest BCUT2D eigenvalue weighted by molar-refractivity contribution is 5.60. The summed E-state index contributed by atoms with van der Waals surface area (Å²) in [6.45, 7) is 4.96. The number of benzene rings is 2. The van der Waals surface area contributed by atoms with Crippen LogP contribution in [0.1, 0.15) is 11.1 Å². The summed E-state index contributed by atoms with van der Waals surface area (Å²) in [5, 5.41) is 5.29. The van der Waals surface area contributed by atoms with Gasteiger partial charge < -0.3 is 11.1 Å². The molecular formula is C24H29F2N6+. The molecule has 0 aliphatic carbocycles. The van der Waals surface area contributed by atoms with Crippen molar-refractivity contribution < 1.29 is 14.1 Å². The van der Waals surface area contributed by atoms with E-state index in [1.165, 1.54) is 17.7 Å². The largest absolute Gasteiger partial charge is 0.329 e. The van der Waals surface area contributed by atoms with E-state index < -0.39 is 11.6 Å². The average molecular weight is 440 g/mol. The third kappa shape index (κ3) is 5.92. The normalized spacial score (nSPS) is 16.9. The second-order valence-corrected chi connectivity index (χ2v) is 8.09. The zero-order chi connectivity index (χ0) is 22.3. The average Bonchev–Trinajstić information content (AvgIpc) is 2.79. The van der Waals surface area contributed by atoms with Gasteiger partial charge in [0.1, 0.15) is 11.6 Å². The van der Waals surface area contributed by atoms with Gasteiger partial charge >= 0.3 is 5.95 Å². The Morgan fingerprint density at radius 1 is 1.09 bits per heavy atom. The van der Waals surface area contributed by atoms with E-state index in [1.807, 2.05) is 23.5 Å². The molecule has 0 bridgehead atoms. The topological polar surface area (TPSA) is 83.7 Å². The lowest BCUT2D eigenvalue weighted by molar-refractivity contribution is -0.578. The summed E-state index contributed by atoms with van der Waals surface area (Å²) in [6.07, 6.45) is 2.26. The molecule has 1 aromatic heterocycles. The second-order valence-electron chi connectivity index (χ2n) is 8.09. The smallest absolute Gasteiger partial charge is 0.326 e. The van der Waals surface area contributed by atoms with Crippen LogP contribution < -0.4 is 16.4 Å². The number of rotatable bonds is 8. The van der Waals surface area contributed by atoms with Crippen LogP contribution in [0.5, 0.6) is 0 Å². The number of hydrogen-bond acceptors (Lipinski definition) is 5. The molecule has 6 nitrogen and oxygen atoms in total. The maximum Gasteiger partial charge on any atom is 0.326 e. The predicted molar refractivity (Wildman–Crippen MR) is 120 cm³/mol. The van der Waals surface area contributed by atoms with Crippen molar-refractivity contribution in [2.45, 2.75) is 19.0 Å². The van der Waals surface area contributed by atoms with Gasteiger partial charge in [-0.15, -0.1) is 0 Å². The first-order valence-corrected chi connectivity index (χ1v) is 11.0. The lowest BCUT2D eigenvalue weighted by Gasteiger charge is -2.35. The quantitative estimate of drug-likeness (QED) is 0.497. The van der Waals surface area contributed by atoms with E-state index in [0.29, 0.717) is 37.1 Å². The van der Waals surface area contributed by atoms with E-state index in [-0.39, 0.29) is 0 Å². The Kier molecular flexibility index (Phi) is 7.49. The van der Waals surface area contributed by atoms with Crippen LogP contribution in [0.15, 0.2) is 54.7 Å². The number of hydrogen-bond donors (Lipinski definition) is 3. The van der Waals surface area contributed by atoms with Gasteiger partial charge in [0.15, 0.2) is 0 Å². The maximum atomic E-state index is 13.4. The lowest BCUT2D eigenvalue weighted by atomic mass is 10.1. The van der Waals surface area contributed by atoms with Gasteiger partial charge in [-0.1, -0.05) is 18.2 Å². The van der Waals surface area contributed by atoms with Gasteiger partial charge in [-0.2, -0.15) is 9.97 Å². The molecule has 0 spiro atoms. The molecule has 32 heavy (non-hydrogen) atoms. The summed E-state index contributed by atoms with van der Waals surface area (Å²) in [6, 6.07) is 14.2. The van der Waals surface area contributed by atoms with E-state index in [0.717, 1.165) is 43.5 Å². The fourth-order valence-electron chi connectivity index (χ4n) is 4.06. The summed E-state index contributed by atoms with van der Waals surface area (Å²) in [5.74, 6) is -0.511. The molecule has 0 saturated carbocycles. The van der Waals surface area contributed by atoms with Gasteiger partial charge in [-0.3, -0.25) is 10.2 Å². The van der Waals surface area contributed by atoms with Gasteiger partial charge in [0, 0.05) is 63.0 Å². The van der Waals surface area contributed by atoms with Crippen LogP contribution in [-0.4, -0.2) is 53.6 Å². The molecular weight excluding hydrogens is 410 g/mol. The van der Waals surface area contributed by atoms with Gasteiger partial charge in [0.2, 0.25) is 0 Å². The zero-order valence-electron chi connectivity index (χ0n) is 18.0. The van der Waals surface area contributed by atoms with Crippen LogP contribution in [0, 0.1) is 11.6 Å². The van der Waals surface area contributed by atoms with E-state index in [9.17, 15) is 8.78 Å². The minimum atomic E-state index is -0.559. The zero-order valence-corrected chi connectivity index (χ0v) is 18.0. The fraction of sp³-hybridized carbons (Fsp3) is 0.333. The van der Waals surface area contributed by atoms with Crippen molar-refractivity contribution in [1.82, 2.24) is 20.2 Å². The van der Waals surface area contributed by atoms with E-state index in [2.05, 4.69) is 32.3 Å². The summed E-state index contributed by atoms with van der Waals surface area (Å²) >= 11 is 0. The first-order valence-electron chi connectivity index (χ1n) is 11.0. The summed E-state index contributed by atoms with van der Waals surface area (Å²) in [5.41, 5.74) is 9.66. The predicted octanol–water partition coefficient (Wildman–Crippen LogP) is 1.59. The van der Waals surface area contributed by atoms with Gasteiger partial charge in [0.05, 0.1) is 12.2 Å². The van der Waals surface area contributed by atoms with Crippen LogP contribution in [0.2, 0.25) is 0 Å². The van der Waals surface area contributed by atoms with Crippen LogP contribution in [0.4, 0.5) is 14.7 Å². The standard InChI is InChI=1S/C24H28F2N6/c25-20-11-17(12-21(26)13-20)4-6-29-24-30-7-5-23(31-24)19-3-1-2-18(10-19)16-32-9-8-28-15-22(32)14-27/h1-3,5,7,10-13,22,28H,4,6,8-9,14-16,27H2,(H,29,30,31)/p+1. The number of nitrogens with two attached hydrogens (primary N) is 2. The lowest BCUT2D eigenvalue weighted by Crippen LogP contribution is -2.79. The molecule has 1 unspecified atom stereocenters. The SMILES string of the molecule is NCC1CNCCN1Cc1cccc(-c2ccnc([NH2+]CCc3cc(F)cc(F)c3)n2)c1. The van der Waals surface area contributed by atoms with Crippen molar-refractivity contribution >= 4 is 5.95 Å². The number of quaternary nitrogens is 1. The third-order valence-electron chi connectivity index (χ3n) is 5.71. The van der Waals surface area contributed by atoms with Crippen molar-refractivity contribution in [2.24, 2.45) is 5.73 Å². The van der Waals surface area contributed by atoms with Crippen LogP contribution in [0.25, 0.3) is 11.3 Å². The summed E-state index contributed by atoms with van der Waals surface area (Å²) < 4.78 is 26.7. The Morgan fingerprint density at radius 3 is 2.75 bits per heavy atom. The molecule has 168 valence electrons. The van der Waals surface area contributed by atoms with Gasteiger partial charge in [-0.05, 0) is 35.4 Å². The van der Waals surface area contributed by atoms with Crippen LogP contribution in [-0.2, 0) is 13.0 Å². The first-order chi connectivity index (χ1) is 15.6. The monoisotopic (exact) mass is 439 g/mol. The molecule has 1 aliphatic rings. The van der Waals surface area contributed by atoms with E-state index in [4.69, 9.17) is 5.73 Å². The molecule has 1 fully saturated rings. The molecule has 0 radical (unpaired) electrons. The second kappa shape index (κ2) is 10.7. The van der Waals surface area contributed by atoms with Crippen molar-refractivity contribution in [3.8, 4) is 11.3 Å². The van der Waals surface area contributed by atoms with E-state index >= 15 is 0 Å². The number of nitrogens with one attached hydrogen (secondary N) is 1. The molecule has 1 atom stereocenters. The number of aromatic nitrogens is 2. The molecule has 5 N–H and O–H groups in total. The molecule has 0 amide bonds. The molecule has 2 heterocycles. The Morgan fingerprint density at radius 2 is 1.94 bits per heavy atom. The Bertz CT molecular complexity index is 1020.